The van der Waals surface area contributed by atoms with Gasteiger partial charge in [0.15, 0.2) is 5.60 Å². The minimum Gasteiger partial charge on any atom is -0.461 e. The Bertz CT molecular complexity index is 772. The monoisotopic (exact) mass is 335 g/mol. The summed E-state index contributed by atoms with van der Waals surface area (Å²) in [5.41, 5.74) is -1.66. The fourth-order valence-corrected chi connectivity index (χ4v) is 2.34. The van der Waals surface area contributed by atoms with E-state index in [1.54, 1.807) is 13.0 Å². The van der Waals surface area contributed by atoms with E-state index in [-0.39, 0.29) is 35.0 Å². The lowest BCUT2D eigenvalue weighted by molar-refractivity contribution is 0.0518. The molecule has 0 aliphatic rings. The number of aliphatic hydroxyl groups is 1. The molecule has 0 saturated heterocycles. The molecule has 2 N–H and O–H groups in total. The van der Waals surface area contributed by atoms with Gasteiger partial charge in [-0.1, -0.05) is 6.07 Å². The van der Waals surface area contributed by atoms with Gasteiger partial charge >= 0.3 is 5.97 Å². The third kappa shape index (κ3) is 3.21. The molecule has 0 bridgehead atoms. The number of hydrogen-bond donors (Lipinski definition) is 3. The van der Waals surface area contributed by atoms with Crippen LogP contribution in [0.2, 0.25) is 0 Å². The van der Waals surface area contributed by atoms with Crippen molar-refractivity contribution >= 4 is 18.6 Å². The zero-order valence-corrected chi connectivity index (χ0v) is 13.1. The van der Waals surface area contributed by atoms with Gasteiger partial charge in [0.1, 0.15) is 23.4 Å². The number of H-pyrrole nitrogens is 1. The van der Waals surface area contributed by atoms with Crippen molar-refractivity contribution in [2.24, 2.45) is 0 Å². The molecule has 0 aliphatic heterocycles. The Hall–Kier alpha value is -2.37. The molecule has 1 unspecified atom stereocenters. The van der Waals surface area contributed by atoms with Crippen LogP contribution in [0.15, 0.2) is 24.4 Å². The highest BCUT2D eigenvalue weighted by molar-refractivity contribution is 7.80. The van der Waals surface area contributed by atoms with Gasteiger partial charge in [-0.3, -0.25) is 0 Å². The molecule has 8 heteroatoms. The second kappa shape index (κ2) is 6.81. The van der Waals surface area contributed by atoms with E-state index in [0.29, 0.717) is 0 Å². The van der Waals surface area contributed by atoms with E-state index < -0.39 is 17.4 Å². The molecule has 2 rings (SSSR count). The first-order valence-electron chi connectivity index (χ1n) is 6.72. The summed E-state index contributed by atoms with van der Waals surface area (Å²) in [6.45, 7) is 1.86. The van der Waals surface area contributed by atoms with Crippen LogP contribution in [0.1, 0.15) is 34.4 Å². The van der Waals surface area contributed by atoms with Crippen molar-refractivity contribution in [1.29, 1.82) is 5.26 Å². The Balaban J connectivity index is 2.43. The summed E-state index contributed by atoms with van der Waals surface area (Å²) in [4.78, 5) is 18.3. The number of ether oxygens (including phenoxy) is 1. The number of imidazole rings is 1. The molecule has 0 amide bonds. The van der Waals surface area contributed by atoms with Crippen molar-refractivity contribution in [2.75, 3.05) is 12.4 Å². The number of hydrogen-bond acceptors (Lipinski definition) is 6. The first kappa shape index (κ1) is 17.0. The molecule has 0 spiro atoms. The van der Waals surface area contributed by atoms with Crippen LogP contribution in [-0.2, 0) is 10.3 Å². The van der Waals surface area contributed by atoms with E-state index in [1.807, 2.05) is 0 Å². The summed E-state index contributed by atoms with van der Waals surface area (Å²) in [7, 11) is 0. The molecule has 1 aromatic heterocycles. The van der Waals surface area contributed by atoms with Crippen molar-refractivity contribution in [3.63, 3.8) is 0 Å². The molecular formula is C15H14FN3O3S. The molecule has 1 atom stereocenters. The lowest BCUT2D eigenvalue weighted by atomic mass is 9.94. The van der Waals surface area contributed by atoms with Crippen molar-refractivity contribution in [1.82, 2.24) is 9.97 Å². The van der Waals surface area contributed by atoms with Crippen molar-refractivity contribution in [2.45, 2.75) is 12.5 Å². The Morgan fingerprint density at radius 3 is 2.91 bits per heavy atom. The average molecular weight is 335 g/mol. The van der Waals surface area contributed by atoms with Crippen LogP contribution in [0, 0.1) is 17.1 Å². The van der Waals surface area contributed by atoms with Crippen LogP contribution in [0.5, 0.6) is 0 Å². The largest absolute Gasteiger partial charge is 0.461 e. The number of rotatable bonds is 5. The second-order valence-corrected chi connectivity index (χ2v) is 5.01. The zero-order chi connectivity index (χ0) is 17.0. The van der Waals surface area contributed by atoms with Crippen molar-refractivity contribution in [3.05, 3.63) is 52.9 Å². The Morgan fingerprint density at radius 2 is 2.35 bits per heavy atom. The fourth-order valence-electron chi connectivity index (χ4n) is 2.01. The highest BCUT2D eigenvalue weighted by atomic mass is 32.1. The van der Waals surface area contributed by atoms with Gasteiger partial charge in [0.05, 0.1) is 18.4 Å². The van der Waals surface area contributed by atoms with Crippen LogP contribution < -0.4 is 0 Å². The predicted octanol–water partition coefficient (Wildman–Crippen LogP) is 1.76. The van der Waals surface area contributed by atoms with Crippen LogP contribution in [0.25, 0.3) is 0 Å². The number of aromatic amines is 1. The molecule has 1 aromatic carbocycles. The minimum absolute atomic E-state index is 0.0275. The minimum atomic E-state index is -1.75. The third-order valence-electron chi connectivity index (χ3n) is 3.26. The summed E-state index contributed by atoms with van der Waals surface area (Å²) in [6.07, 6.45) is 1.22. The van der Waals surface area contributed by atoms with Crippen LogP contribution in [0.3, 0.4) is 0 Å². The number of esters is 1. The summed E-state index contributed by atoms with van der Waals surface area (Å²) in [5, 5.41) is 19.6. The van der Waals surface area contributed by atoms with Crippen molar-refractivity contribution in [3.8, 4) is 6.07 Å². The summed E-state index contributed by atoms with van der Waals surface area (Å²) in [5.74, 6) is -1.46. The number of benzene rings is 1. The number of nitriles is 1. The summed E-state index contributed by atoms with van der Waals surface area (Å²) >= 11 is 4.10. The highest BCUT2D eigenvalue weighted by Crippen LogP contribution is 2.30. The fraction of sp³-hybridized carbons (Fsp3) is 0.267. The summed E-state index contributed by atoms with van der Waals surface area (Å²) < 4.78 is 18.6. The van der Waals surface area contributed by atoms with E-state index in [4.69, 9.17) is 10.00 Å². The lowest BCUT2D eigenvalue weighted by Gasteiger charge is -2.24. The van der Waals surface area contributed by atoms with E-state index in [2.05, 4.69) is 22.6 Å². The van der Waals surface area contributed by atoms with E-state index in [1.165, 1.54) is 18.3 Å². The van der Waals surface area contributed by atoms with Gasteiger partial charge in [0.25, 0.3) is 0 Å². The lowest BCUT2D eigenvalue weighted by Crippen LogP contribution is -2.31. The molecule has 0 fully saturated rings. The molecule has 0 aliphatic carbocycles. The molecule has 120 valence electrons. The Morgan fingerprint density at radius 1 is 1.61 bits per heavy atom. The van der Waals surface area contributed by atoms with Crippen LogP contribution >= 0.6 is 12.6 Å². The van der Waals surface area contributed by atoms with E-state index in [9.17, 15) is 14.3 Å². The van der Waals surface area contributed by atoms with E-state index in [0.717, 1.165) is 6.07 Å². The number of carbonyl (C=O) groups is 1. The molecule has 23 heavy (non-hydrogen) atoms. The van der Waals surface area contributed by atoms with Gasteiger partial charge in [-0.25, -0.2) is 14.2 Å². The normalized spacial score (nSPS) is 13.2. The molecular weight excluding hydrogens is 321 g/mol. The number of aromatic nitrogens is 2. The molecule has 0 radical (unpaired) electrons. The maximum absolute atomic E-state index is 13.8. The smallest absolute Gasteiger partial charge is 0.356 e. The average Bonchev–Trinajstić information content (AvgIpc) is 3.05. The zero-order valence-electron chi connectivity index (χ0n) is 12.2. The third-order valence-corrected chi connectivity index (χ3v) is 3.72. The van der Waals surface area contributed by atoms with Gasteiger partial charge in [-0.2, -0.15) is 17.9 Å². The second-order valence-electron chi connectivity index (χ2n) is 4.69. The molecule has 6 nitrogen and oxygen atoms in total. The molecule has 0 saturated carbocycles. The molecule has 2 aromatic rings. The Kier molecular flexibility index (Phi) is 5.03. The molecule has 1 heterocycles. The maximum atomic E-state index is 13.8. The van der Waals surface area contributed by atoms with Gasteiger partial charge in [-0.15, -0.1) is 0 Å². The number of halogens is 1. The first-order valence-corrected chi connectivity index (χ1v) is 7.35. The number of carbonyl (C=O) groups excluding carboxylic acids is 1. The van der Waals surface area contributed by atoms with Gasteiger partial charge in [-0.05, 0) is 24.6 Å². The highest BCUT2D eigenvalue weighted by Gasteiger charge is 2.34. The Labute approximate surface area is 137 Å². The van der Waals surface area contributed by atoms with Gasteiger partial charge in [0, 0.05) is 5.75 Å². The van der Waals surface area contributed by atoms with E-state index >= 15 is 0 Å². The standard InChI is InChI=1S/C15H14FN3O3S/c1-2-22-13(20)12-7-18-14(19-12)15(21,8-23)10-4-3-9(6-17)11(16)5-10/h3-5,7,21,23H,2,8H2,1H3,(H,18,19). The number of nitrogens with one attached hydrogen (secondary N) is 1. The van der Waals surface area contributed by atoms with Gasteiger partial charge < -0.3 is 14.8 Å². The quantitative estimate of drug-likeness (QED) is 0.571. The first-order chi connectivity index (χ1) is 11.0. The number of nitrogens with zero attached hydrogens (tertiary/aromatic N) is 2. The SMILES string of the molecule is CCOC(=O)c1cnc(C(O)(CS)c2ccc(C#N)c(F)c2)[nH]1. The number of thiol groups is 1. The summed E-state index contributed by atoms with van der Waals surface area (Å²) in [6, 6.07) is 5.41. The van der Waals surface area contributed by atoms with Crippen molar-refractivity contribution < 1.29 is 19.0 Å². The van der Waals surface area contributed by atoms with Gasteiger partial charge in [0.2, 0.25) is 0 Å². The van der Waals surface area contributed by atoms with Crippen LogP contribution in [0.4, 0.5) is 4.39 Å². The van der Waals surface area contributed by atoms with Crippen LogP contribution in [-0.4, -0.2) is 33.4 Å². The maximum Gasteiger partial charge on any atom is 0.356 e. The predicted molar refractivity (Wildman–Crippen MR) is 82.5 cm³/mol. The topological polar surface area (TPSA) is 99.0 Å².